The molecule has 238 valence electrons. The predicted octanol–water partition coefficient (Wildman–Crippen LogP) is 4.33. The van der Waals surface area contributed by atoms with Gasteiger partial charge in [0.15, 0.2) is 5.78 Å². The number of ketones is 1. The van der Waals surface area contributed by atoms with Crippen LogP contribution in [0.4, 0.5) is 4.79 Å². The number of para-hydroxylation sites is 1. The van der Waals surface area contributed by atoms with Crippen LogP contribution in [0, 0.1) is 5.41 Å². The van der Waals surface area contributed by atoms with Crippen LogP contribution in [0.15, 0.2) is 97.2 Å². The molecule has 0 spiro atoms. The van der Waals surface area contributed by atoms with Crippen molar-refractivity contribution in [1.29, 1.82) is 0 Å². The average molecular weight is 622 g/mol. The van der Waals surface area contributed by atoms with Gasteiger partial charge in [-0.2, -0.15) is 0 Å². The fraction of sp³-hybridized carbons (Fsp3) is 0.278. The zero-order valence-corrected chi connectivity index (χ0v) is 25.8. The summed E-state index contributed by atoms with van der Waals surface area (Å²) >= 11 is 0. The van der Waals surface area contributed by atoms with Gasteiger partial charge in [-0.05, 0) is 54.2 Å². The molecule has 3 aromatic carbocycles. The van der Waals surface area contributed by atoms with E-state index in [4.69, 9.17) is 16.2 Å². The lowest BCUT2D eigenvalue weighted by Gasteiger charge is -2.40. The summed E-state index contributed by atoms with van der Waals surface area (Å²) in [6.45, 7) is 1.47. The second-order valence-corrected chi connectivity index (χ2v) is 12.0. The monoisotopic (exact) mass is 621 g/mol. The van der Waals surface area contributed by atoms with Gasteiger partial charge in [-0.15, -0.1) is 0 Å². The molecule has 3 amide bonds. The number of carbonyl (C=O) groups excluding carboxylic acids is 4. The van der Waals surface area contributed by atoms with Crippen molar-refractivity contribution in [2.24, 2.45) is 16.9 Å². The summed E-state index contributed by atoms with van der Waals surface area (Å²) in [5.74, 6) is -1.43. The molecule has 2 unspecified atom stereocenters. The van der Waals surface area contributed by atoms with Gasteiger partial charge >= 0.3 is 6.09 Å². The minimum Gasteiger partial charge on any atom is -0.445 e. The minimum absolute atomic E-state index is 0.0330. The van der Waals surface area contributed by atoms with E-state index < -0.39 is 34.9 Å². The van der Waals surface area contributed by atoms with E-state index in [2.05, 4.69) is 15.6 Å². The zero-order chi connectivity index (χ0) is 32.7. The third kappa shape index (κ3) is 7.18. The van der Waals surface area contributed by atoms with Crippen LogP contribution in [-0.2, 0) is 32.1 Å². The highest BCUT2D eigenvalue weighted by Crippen LogP contribution is 2.39. The molecule has 5 rings (SSSR count). The van der Waals surface area contributed by atoms with Gasteiger partial charge in [0.25, 0.3) is 0 Å². The molecule has 0 saturated carbocycles. The first-order valence-electron chi connectivity index (χ1n) is 15.3. The summed E-state index contributed by atoms with van der Waals surface area (Å²) in [5.41, 5.74) is 11.7. The molecule has 0 bridgehead atoms. The van der Waals surface area contributed by atoms with Gasteiger partial charge in [-0.25, -0.2) is 4.79 Å². The van der Waals surface area contributed by atoms with E-state index in [1.165, 1.54) is 6.92 Å². The number of aromatic nitrogens is 1. The van der Waals surface area contributed by atoms with E-state index in [1.54, 1.807) is 12.2 Å². The van der Waals surface area contributed by atoms with Crippen molar-refractivity contribution in [3.8, 4) is 0 Å². The van der Waals surface area contributed by atoms with Crippen LogP contribution < -0.4 is 22.1 Å². The topological polar surface area (TPSA) is 169 Å². The average Bonchev–Trinajstić information content (AvgIpc) is 3.46. The number of nitrogens with one attached hydrogen (secondary N) is 3. The Morgan fingerprint density at radius 1 is 0.978 bits per heavy atom. The molecular weight excluding hydrogens is 582 g/mol. The Kier molecular flexibility index (Phi) is 9.67. The van der Waals surface area contributed by atoms with Crippen LogP contribution in [0.1, 0.15) is 37.3 Å². The molecule has 10 heteroatoms. The van der Waals surface area contributed by atoms with Gasteiger partial charge in [-0.3, -0.25) is 14.4 Å². The fourth-order valence-corrected chi connectivity index (χ4v) is 6.19. The largest absolute Gasteiger partial charge is 0.445 e. The normalized spacial score (nSPS) is 17.7. The maximum absolute atomic E-state index is 14.2. The number of nitrogens with two attached hydrogens (primary N) is 2. The number of carbonyl (C=O) groups is 4. The number of alkyl carbamates (subject to hydrolysis) is 1. The van der Waals surface area contributed by atoms with Crippen LogP contribution in [0.2, 0.25) is 0 Å². The maximum Gasteiger partial charge on any atom is 0.408 e. The third-order valence-corrected chi connectivity index (χ3v) is 8.53. The quantitative estimate of drug-likeness (QED) is 0.149. The van der Waals surface area contributed by atoms with Crippen LogP contribution >= 0.6 is 0 Å². The Morgan fingerprint density at radius 3 is 2.48 bits per heavy atom. The molecule has 3 atom stereocenters. The second kappa shape index (κ2) is 13.8. The third-order valence-electron chi connectivity index (χ3n) is 8.53. The van der Waals surface area contributed by atoms with E-state index in [1.807, 2.05) is 85.1 Å². The van der Waals surface area contributed by atoms with Gasteiger partial charge in [0.2, 0.25) is 11.8 Å². The lowest BCUT2D eigenvalue weighted by molar-refractivity contribution is -0.132. The number of rotatable bonds is 13. The van der Waals surface area contributed by atoms with Crippen LogP contribution in [0.25, 0.3) is 21.7 Å². The van der Waals surface area contributed by atoms with Gasteiger partial charge in [0, 0.05) is 30.1 Å². The predicted molar refractivity (Wildman–Crippen MR) is 177 cm³/mol. The Labute approximate surface area is 267 Å². The van der Waals surface area contributed by atoms with E-state index in [-0.39, 0.29) is 44.6 Å². The Hall–Kier alpha value is -5.22. The van der Waals surface area contributed by atoms with E-state index in [9.17, 15) is 19.2 Å². The van der Waals surface area contributed by atoms with Crippen molar-refractivity contribution in [2.75, 3.05) is 6.54 Å². The fourth-order valence-electron chi connectivity index (χ4n) is 6.19. The number of hydrogen-bond donors (Lipinski definition) is 5. The molecule has 0 saturated heterocycles. The number of benzene rings is 3. The number of primary amides is 1. The molecule has 1 aliphatic rings. The maximum atomic E-state index is 14.2. The molecule has 1 aliphatic carbocycles. The van der Waals surface area contributed by atoms with Gasteiger partial charge in [0.1, 0.15) is 12.1 Å². The molecule has 0 fully saturated rings. The first-order valence-corrected chi connectivity index (χ1v) is 15.3. The van der Waals surface area contributed by atoms with Crippen molar-refractivity contribution in [3.05, 3.63) is 108 Å². The summed E-state index contributed by atoms with van der Waals surface area (Å²) in [6, 6.07) is 20.4. The highest BCUT2D eigenvalue weighted by Gasteiger charge is 2.48. The van der Waals surface area contributed by atoms with Crippen molar-refractivity contribution < 1.29 is 23.9 Å². The molecule has 10 nitrogen and oxygen atoms in total. The summed E-state index contributed by atoms with van der Waals surface area (Å²) in [7, 11) is 0. The molecule has 0 radical (unpaired) electrons. The summed E-state index contributed by atoms with van der Waals surface area (Å²) in [4.78, 5) is 55.9. The molecule has 4 aromatic rings. The van der Waals surface area contributed by atoms with E-state index >= 15 is 0 Å². The smallest absolute Gasteiger partial charge is 0.408 e. The molecule has 0 aliphatic heterocycles. The highest BCUT2D eigenvalue weighted by atomic mass is 16.5. The van der Waals surface area contributed by atoms with Crippen LogP contribution in [0.5, 0.6) is 0 Å². The molecule has 1 aromatic heterocycles. The van der Waals surface area contributed by atoms with Crippen LogP contribution in [0.3, 0.4) is 0 Å². The Morgan fingerprint density at radius 2 is 1.72 bits per heavy atom. The van der Waals surface area contributed by atoms with Crippen molar-refractivity contribution in [1.82, 2.24) is 15.6 Å². The number of aromatic amines is 1. The number of H-pyrrole nitrogens is 1. The van der Waals surface area contributed by atoms with Crippen molar-refractivity contribution >= 4 is 45.4 Å². The number of allylic oxidation sites excluding steroid dienone is 4. The molecule has 1 heterocycles. The van der Waals surface area contributed by atoms with E-state index in [0.29, 0.717) is 0 Å². The molecule has 46 heavy (non-hydrogen) atoms. The number of fused-ring (bicyclic) bond motifs is 2. The number of ether oxygens (including phenoxy) is 1. The number of hydrogen-bond acceptors (Lipinski definition) is 6. The lowest BCUT2D eigenvalue weighted by Crippen LogP contribution is -2.61. The number of Topliss-reactive ketones (excluding diaryl/α,β-unsaturated/α-hetero) is 1. The summed E-state index contributed by atoms with van der Waals surface area (Å²) < 4.78 is 5.62. The summed E-state index contributed by atoms with van der Waals surface area (Å²) in [5, 5.41) is 8.36. The molecular formula is C36H39N5O5. The second-order valence-electron chi connectivity index (χ2n) is 12.0. The standard InChI is InChI=1S/C36H39N5O5/c1-35(33(44)39-19-16-31(38)42,41-34(45)46-22-25-12-9-11-24-10-3-4-13-27(24)25)23-36(17-7-2-8-18-36)32(43)29(37)20-26-21-40-30-15-6-5-14-28(26)30/h2-15,17,21,29,40H,16,18-20,22-23,37H2,1H3,(H2,38,42)(H,39,44)(H,41,45)/t29-,35?,36?/m0/s1. The Bertz CT molecular complexity index is 1820. The zero-order valence-electron chi connectivity index (χ0n) is 25.8. The SMILES string of the molecule is CC(CC1(C(=O)[C@@H](N)Cc2c[nH]c3ccccc23)C=CC=CC1)(NC(=O)OCc1cccc2ccccc12)C(=O)NCCC(N)=O. The van der Waals surface area contributed by atoms with Crippen molar-refractivity contribution in [3.63, 3.8) is 0 Å². The first kappa shape index (κ1) is 32.2. The molecule has 7 N–H and O–H groups in total. The van der Waals surface area contributed by atoms with E-state index in [0.717, 1.165) is 32.8 Å². The first-order chi connectivity index (χ1) is 22.1. The number of amides is 3. The minimum atomic E-state index is -1.63. The van der Waals surface area contributed by atoms with Gasteiger partial charge in [-0.1, -0.05) is 85.0 Å². The lowest BCUT2D eigenvalue weighted by atomic mass is 9.67. The highest BCUT2D eigenvalue weighted by molar-refractivity contribution is 5.96. The Balaban J connectivity index is 1.38. The summed E-state index contributed by atoms with van der Waals surface area (Å²) in [6.07, 6.45) is 8.57. The van der Waals surface area contributed by atoms with Gasteiger partial charge < -0.3 is 31.8 Å². The van der Waals surface area contributed by atoms with Crippen LogP contribution in [-0.4, -0.2) is 46.8 Å². The van der Waals surface area contributed by atoms with Gasteiger partial charge in [0.05, 0.1) is 11.5 Å². The van der Waals surface area contributed by atoms with Crippen molar-refractivity contribution in [2.45, 2.75) is 50.8 Å².